The summed E-state index contributed by atoms with van der Waals surface area (Å²) in [7, 11) is 7.07. The first-order valence-corrected chi connectivity index (χ1v) is 18.8. The molecule has 302 valence electrons. The minimum absolute atomic E-state index is 0.113. The zero-order valence-electron chi connectivity index (χ0n) is 32.7. The van der Waals surface area contributed by atoms with Crippen LogP contribution in [-0.4, -0.2) is 111 Å². The summed E-state index contributed by atoms with van der Waals surface area (Å²) < 4.78 is 11.5. The van der Waals surface area contributed by atoms with Crippen molar-refractivity contribution in [3.8, 4) is 45.3 Å². The van der Waals surface area contributed by atoms with E-state index in [9.17, 15) is 39.6 Å². The Morgan fingerprint density at radius 2 is 0.929 bits per heavy atom. The summed E-state index contributed by atoms with van der Waals surface area (Å²) in [4.78, 5) is 56.6. The van der Waals surface area contributed by atoms with E-state index in [1.54, 1.807) is 50.1 Å². The van der Waals surface area contributed by atoms with Crippen LogP contribution in [-0.2, 0) is 9.59 Å². The van der Waals surface area contributed by atoms with E-state index < -0.39 is 36.2 Å². The van der Waals surface area contributed by atoms with E-state index in [1.807, 2.05) is 24.3 Å². The van der Waals surface area contributed by atoms with Crippen LogP contribution in [0.15, 0.2) is 36.4 Å². The Balaban J connectivity index is 1.70. The molecule has 5 rings (SSSR count). The molecule has 6 N–H and O–H groups in total. The fourth-order valence-corrected chi connectivity index (χ4v) is 7.31. The van der Waals surface area contributed by atoms with Crippen molar-refractivity contribution in [3.63, 3.8) is 0 Å². The minimum atomic E-state index is -1.39. The Kier molecular flexibility index (Phi) is 12.9. The van der Waals surface area contributed by atoms with Crippen LogP contribution >= 0.6 is 0 Å². The van der Waals surface area contributed by atoms with Gasteiger partial charge in [-0.15, -0.1) is 0 Å². The monoisotopic (exact) mass is 776 g/mol. The zero-order chi connectivity index (χ0) is 40.8. The molecule has 56 heavy (non-hydrogen) atoms. The van der Waals surface area contributed by atoms with Gasteiger partial charge >= 0.3 is 24.1 Å². The van der Waals surface area contributed by atoms with Crippen LogP contribution in [0.1, 0.15) is 52.4 Å². The van der Waals surface area contributed by atoms with Crippen LogP contribution in [0.5, 0.6) is 23.0 Å². The lowest BCUT2D eigenvalue weighted by Crippen LogP contribution is -2.40. The number of carbonyl (C=O) groups excluding carboxylic acids is 2. The number of carbonyl (C=O) groups is 4. The SMILES string of the molecule is C[C@H](NC(=O)O)C(=O)Oc1c(O)cc(N2CCCCC2)c(-c2ccc(-c3c(N4CCCCC4)cc(O)c(OC(=O)[C@H](C)NC(=O)O)c3N(C)C)cc2)c1N(C)C. The first kappa shape index (κ1) is 41.1. The van der Waals surface area contributed by atoms with Crippen molar-refractivity contribution in [1.29, 1.82) is 0 Å². The molecule has 0 saturated carbocycles. The van der Waals surface area contributed by atoms with E-state index in [1.165, 1.54) is 13.8 Å². The Morgan fingerprint density at radius 3 is 1.21 bits per heavy atom. The van der Waals surface area contributed by atoms with Crippen LogP contribution in [0.25, 0.3) is 22.3 Å². The molecule has 0 spiro atoms. The first-order valence-electron chi connectivity index (χ1n) is 18.8. The standard InChI is InChI=1S/C40H52N6O10/c1-23(41-39(51)52)37(49)55-35-29(47)21-27(45-17-9-7-10-18-45)31(33(35)43(3)4)25-13-15-26(16-14-25)32-28(46-19-11-8-12-20-46)22-30(48)36(34(32)44(5)6)56-38(50)24(2)42-40(53)54/h13-16,21-24,41-42,47-48H,7-12,17-20H2,1-6H3,(H,51,52)(H,53,54)/t23-,24-/m0/s1. The lowest BCUT2D eigenvalue weighted by atomic mass is 9.93. The molecule has 16 nitrogen and oxygen atoms in total. The van der Waals surface area contributed by atoms with Crippen LogP contribution in [0.4, 0.5) is 32.3 Å². The second-order valence-electron chi connectivity index (χ2n) is 14.6. The number of ether oxygens (including phenoxy) is 2. The Morgan fingerprint density at radius 1 is 0.607 bits per heavy atom. The number of benzene rings is 3. The Hall–Kier alpha value is -6.06. The number of carboxylic acid groups (broad SMARTS) is 2. The van der Waals surface area contributed by atoms with E-state index in [4.69, 9.17) is 9.47 Å². The van der Waals surface area contributed by atoms with Crippen LogP contribution < -0.4 is 39.7 Å². The topological polar surface area (TPSA) is 205 Å². The van der Waals surface area contributed by atoms with Gasteiger partial charge in [-0.05, 0) is 63.5 Å². The van der Waals surface area contributed by atoms with Gasteiger partial charge < -0.3 is 60.1 Å². The lowest BCUT2D eigenvalue weighted by Gasteiger charge is -2.34. The van der Waals surface area contributed by atoms with Crippen LogP contribution in [0.2, 0.25) is 0 Å². The average Bonchev–Trinajstić information content (AvgIpc) is 3.15. The van der Waals surface area contributed by atoms with Gasteiger partial charge in [0.05, 0.1) is 22.7 Å². The van der Waals surface area contributed by atoms with Gasteiger partial charge in [0.2, 0.25) is 0 Å². The van der Waals surface area contributed by atoms with Gasteiger partial charge in [0.1, 0.15) is 12.1 Å². The average molecular weight is 777 g/mol. The number of esters is 2. The number of rotatable bonds is 12. The number of amides is 2. The molecule has 2 amide bonds. The van der Waals surface area contributed by atoms with Crippen molar-refractivity contribution < 1.29 is 49.1 Å². The summed E-state index contributed by atoms with van der Waals surface area (Å²) in [5.41, 5.74) is 5.15. The summed E-state index contributed by atoms with van der Waals surface area (Å²) >= 11 is 0. The second kappa shape index (κ2) is 17.6. The summed E-state index contributed by atoms with van der Waals surface area (Å²) in [6.07, 6.45) is 3.18. The number of anilines is 4. The van der Waals surface area contributed by atoms with Crippen LogP contribution in [0.3, 0.4) is 0 Å². The quantitative estimate of drug-likeness (QED) is 0.0970. The molecule has 2 atom stereocenters. The highest BCUT2D eigenvalue weighted by Gasteiger charge is 2.31. The maximum Gasteiger partial charge on any atom is 0.405 e. The van der Waals surface area contributed by atoms with E-state index in [-0.39, 0.29) is 23.0 Å². The van der Waals surface area contributed by atoms with Gasteiger partial charge in [0, 0.05) is 77.6 Å². The molecule has 2 aliphatic rings. The lowest BCUT2D eigenvalue weighted by molar-refractivity contribution is -0.137. The van der Waals surface area contributed by atoms with Crippen molar-refractivity contribution in [3.05, 3.63) is 36.4 Å². The van der Waals surface area contributed by atoms with Gasteiger partial charge in [0.15, 0.2) is 23.0 Å². The Labute approximate surface area is 326 Å². The highest BCUT2D eigenvalue weighted by Crippen LogP contribution is 2.53. The summed E-state index contributed by atoms with van der Waals surface area (Å²) in [6.45, 7) is 5.70. The Bertz CT molecular complexity index is 1800. The molecule has 2 aliphatic heterocycles. The van der Waals surface area contributed by atoms with Gasteiger partial charge in [-0.3, -0.25) is 0 Å². The number of phenolic OH excluding ortho intramolecular Hbond substituents is 2. The highest BCUT2D eigenvalue weighted by molar-refractivity contribution is 5.99. The molecule has 2 heterocycles. The highest BCUT2D eigenvalue weighted by atomic mass is 16.5. The van der Waals surface area contributed by atoms with E-state index in [0.29, 0.717) is 22.5 Å². The first-order chi connectivity index (χ1) is 26.6. The molecule has 0 radical (unpaired) electrons. The van der Waals surface area contributed by atoms with Crippen molar-refractivity contribution in [1.82, 2.24) is 10.6 Å². The molecule has 3 aromatic carbocycles. The third kappa shape index (κ3) is 9.07. The van der Waals surface area contributed by atoms with Gasteiger partial charge in [-0.2, -0.15) is 0 Å². The van der Waals surface area contributed by atoms with E-state index in [0.717, 1.165) is 87.2 Å². The smallest absolute Gasteiger partial charge is 0.405 e. The summed E-state index contributed by atoms with van der Waals surface area (Å²) in [6, 6.07) is 8.41. The van der Waals surface area contributed by atoms with E-state index >= 15 is 0 Å². The molecule has 0 unspecified atom stereocenters. The maximum atomic E-state index is 13.1. The third-order valence-corrected chi connectivity index (χ3v) is 9.97. The van der Waals surface area contributed by atoms with E-state index in [2.05, 4.69) is 20.4 Å². The molecule has 3 aromatic rings. The largest absolute Gasteiger partial charge is 0.504 e. The number of hydrogen-bond donors (Lipinski definition) is 6. The molecule has 0 aromatic heterocycles. The number of nitrogens with zero attached hydrogens (tertiary/aromatic N) is 4. The normalized spacial score (nSPS) is 15.3. The maximum absolute atomic E-state index is 13.1. The molecular weight excluding hydrogens is 724 g/mol. The molecule has 16 heteroatoms. The third-order valence-electron chi connectivity index (χ3n) is 9.97. The molecule has 2 saturated heterocycles. The van der Waals surface area contributed by atoms with Gasteiger partial charge in [-0.1, -0.05) is 24.3 Å². The van der Waals surface area contributed by atoms with Crippen molar-refractivity contribution >= 4 is 46.9 Å². The molecule has 0 bridgehead atoms. The van der Waals surface area contributed by atoms with Gasteiger partial charge in [-0.25, -0.2) is 19.2 Å². The van der Waals surface area contributed by atoms with Crippen molar-refractivity contribution in [2.75, 3.05) is 74.0 Å². The van der Waals surface area contributed by atoms with Crippen molar-refractivity contribution in [2.45, 2.75) is 64.5 Å². The minimum Gasteiger partial charge on any atom is -0.504 e. The fraction of sp³-hybridized carbons (Fsp3) is 0.450. The molecule has 0 aliphatic carbocycles. The second-order valence-corrected chi connectivity index (χ2v) is 14.6. The summed E-state index contributed by atoms with van der Waals surface area (Å²) in [5, 5.41) is 45.3. The predicted octanol–water partition coefficient (Wildman–Crippen LogP) is 5.67. The zero-order valence-corrected chi connectivity index (χ0v) is 32.7. The number of aromatic hydroxyl groups is 2. The van der Waals surface area contributed by atoms with Crippen molar-refractivity contribution in [2.24, 2.45) is 0 Å². The fourth-order valence-electron chi connectivity index (χ4n) is 7.31. The number of hydrogen-bond acceptors (Lipinski definition) is 12. The van der Waals surface area contributed by atoms with Crippen LogP contribution in [0, 0.1) is 0 Å². The number of nitrogens with one attached hydrogen (secondary N) is 2. The summed E-state index contributed by atoms with van der Waals surface area (Å²) in [5.74, 6) is -2.55. The predicted molar refractivity (Wildman–Crippen MR) is 214 cm³/mol. The van der Waals surface area contributed by atoms with Gasteiger partial charge in [0.25, 0.3) is 0 Å². The number of phenols is 2. The molecule has 2 fully saturated rings. The number of piperidine rings is 2. The molecular formula is C40H52N6O10.